The third-order valence-electron chi connectivity index (χ3n) is 4.16. The standard InChI is InChI=1S/C18H27N3O3/c1-12-6-7-13(19-15(22)17(2,3)4)10-14(12)20-16(23)21-9-8-18(5,24)11-21/h6-7,10,24H,8-9,11H2,1-5H3,(H,19,22)(H,20,23)/t18-/m0/s1. The molecular formula is C18H27N3O3. The fraction of sp³-hybridized carbons (Fsp3) is 0.556. The van der Waals surface area contributed by atoms with Crippen LogP contribution in [0.15, 0.2) is 18.2 Å². The van der Waals surface area contributed by atoms with Gasteiger partial charge in [0.05, 0.1) is 12.1 Å². The Kier molecular flexibility index (Phi) is 4.90. The highest BCUT2D eigenvalue weighted by Crippen LogP contribution is 2.25. The lowest BCUT2D eigenvalue weighted by Crippen LogP contribution is -2.36. The second-order valence-electron chi connectivity index (χ2n) is 7.83. The molecule has 24 heavy (non-hydrogen) atoms. The number of nitrogens with one attached hydrogen (secondary N) is 2. The van der Waals surface area contributed by atoms with Gasteiger partial charge in [0.1, 0.15) is 0 Å². The van der Waals surface area contributed by atoms with E-state index < -0.39 is 11.0 Å². The van der Waals surface area contributed by atoms with Crippen molar-refractivity contribution in [3.05, 3.63) is 23.8 Å². The number of anilines is 2. The number of hydrogen-bond donors (Lipinski definition) is 3. The van der Waals surface area contributed by atoms with Gasteiger partial charge in [-0.25, -0.2) is 4.79 Å². The van der Waals surface area contributed by atoms with Crippen LogP contribution in [-0.4, -0.2) is 40.6 Å². The third-order valence-corrected chi connectivity index (χ3v) is 4.16. The summed E-state index contributed by atoms with van der Waals surface area (Å²) < 4.78 is 0. The summed E-state index contributed by atoms with van der Waals surface area (Å²) in [6.45, 7) is 10.0. The molecule has 0 aromatic heterocycles. The molecule has 0 aliphatic carbocycles. The molecule has 1 aliphatic heterocycles. The summed E-state index contributed by atoms with van der Waals surface area (Å²) >= 11 is 0. The first-order valence-corrected chi connectivity index (χ1v) is 8.18. The van der Waals surface area contributed by atoms with Crippen molar-refractivity contribution in [1.29, 1.82) is 0 Å². The van der Waals surface area contributed by atoms with Crippen LogP contribution in [0.5, 0.6) is 0 Å². The zero-order chi connectivity index (χ0) is 18.1. The molecule has 0 bridgehead atoms. The van der Waals surface area contributed by atoms with Gasteiger partial charge in [0, 0.05) is 23.3 Å². The van der Waals surface area contributed by atoms with Crippen LogP contribution in [0, 0.1) is 12.3 Å². The minimum Gasteiger partial charge on any atom is -0.388 e. The van der Waals surface area contributed by atoms with Crippen LogP contribution < -0.4 is 10.6 Å². The van der Waals surface area contributed by atoms with E-state index in [0.717, 1.165) is 5.56 Å². The number of carbonyl (C=O) groups excluding carboxylic acids is 2. The molecule has 1 atom stereocenters. The van der Waals surface area contributed by atoms with Gasteiger partial charge in [0.2, 0.25) is 5.91 Å². The van der Waals surface area contributed by atoms with E-state index in [1.165, 1.54) is 0 Å². The smallest absolute Gasteiger partial charge is 0.321 e. The Hall–Kier alpha value is -2.08. The molecule has 0 spiro atoms. The van der Waals surface area contributed by atoms with E-state index in [9.17, 15) is 14.7 Å². The third kappa shape index (κ3) is 4.47. The zero-order valence-corrected chi connectivity index (χ0v) is 15.1. The van der Waals surface area contributed by atoms with Crippen molar-refractivity contribution < 1.29 is 14.7 Å². The van der Waals surface area contributed by atoms with Gasteiger partial charge in [-0.3, -0.25) is 4.79 Å². The Labute approximate surface area is 143 Å². The SMILES string of the molecule is Cc1ccc(NC(=O)C(C)(C)C)cc1NC(=O)N1CC[C@](C)(O)C1. The number of likely N-dealkylation sites (tertiary alicyclic amines) is 1. The molecule has 0 unspecified atom stereocenters. The Morgan fingerprint density at radius 3 is 2.46 bits per heavy atom. The number of rotatable bonds is 2. The fourth-order valence-corrected chi connectivity index (χ4v) is 2.47. The summed E-state index contributed by atoms with van der Waals surface area (Å²) in [7, 11) is 0. The van der Waals surface area contributed by atoms with E-state index in [1.807, 2.05) is 39.8 Å². The largest absolute Gasteiger partial charge is 0.388 e. The maximum atomic E-state index is 12.4. The quantitative estimate of drug-likeness (QED) is 0.778. The minimum absolute atomic E-state index is 0.0841. The molecule has 3 amide bonds. The average Bonchev–Trinajstić information content (AvgIpc) is 2.82. The van der Waals surface area contributed by atoms with Crippen molar-refractivity contribution in [3.63, 3.8) is 0 Å². The van der Waals surface area contributed by atoms with Crippen molar-refractivity contribution in [2.75, 3.05) is 23.7 Å². The molecule has 6 nitrogen and oxygen atoms in total. The maximum Gasteiger partial charge on any atom is 0.321 e. The van der Waals surface area contributed by atoms with Crippen molar-refractivity contribution in [2.45, 2.75) is 46.6 Å². The first kappa shape index (κ1) is 18.3. The minimum atomic E-state index is -0.824. The number of benzene rings is 1. The molecule has 6 heteroatoms. The fourth-order valence-electron chi connectivity index (χ4n) is 2.47. The van der Waals surface area contributed by atoms with Gasteiger partial charge in [-0.1, -0.05) is 26.8 Å². The number of aliphatic hydroxyl groups is 1. The number of hydrogen-bond acceptors (Lipinski definition) is 3. The molecule has 132 valence electrons. The van der Waals surface area contributed by atoms with Crippen LogP contribution in [0.25, 0.3) is 0 Å². The van der Waals surface area contributed by atoms with Crippen LogP contribution in [0.2, 0.25) is 0 Å². The highest BCUT2D eigenvalue weighted by Gasteiger charge is 2.34. The van der Waals surface area contributed by atoms with E-state index in [1.54, 1.807) is 17.9 Å². The first-order chi connectivity index (χ1) is 11.0. The molecule has 1 heterocycles. The van der Waals surface area contributed by atoms with Crippen LogP contribution in [0.1, 0.15) is 39.7 Å². The van der Waals surface area contributed by atoms with Crippen LogP contribution in [-0.2, 0) is 4.79 Å². The molecule has 2 rings (SSSR count). The predicted molar refractivity (Wildman–Crippen MR) is 95.1 cm³/mol. The van der Waals surface area contributed by atoms with E-state index in [4.69, 9.17) is 0 Å². The Morgan fingerprint density at radius 2 is 1.92 bits per heavy atom. The first-order valence-electron chi connectivity index (χ1n) is 8.18. The molecule has 1 aromatic rings. The van der Waals surface area contributed by atoms with Crippen molar-refractivity contribution in [3.8, 4) is 0 Å². The Bertz CT molecular complexity index is 647. The Balaban J connectivity index is 2.09. The van der Waals surface area contributed by atoms with E-state index in [0.29, 0.717) is 30.9 Å². The van der Waals surface area contributed by atoms with E-state index >= 15 is 0 Å². The van der Waals surface area contributed by atoms with E-state index in [2.05, 4.69) is 10.6 Å². The van der Waals surface area contributed by atoms with Gasteiger partial charge in [-0.2, -0.15) is 0 Å². The van der Waals surface area contributed by atoms with Crippen LogP contribution in [0.4, 0.5) is 16.2 Å². The van der Waals surface area contributed by atoms with Crippen molar-refractivity contribution in [1.82, 2.24) is 4.90 Å². The van der Waals surface area contributed by atoms with Gasteiger partial charge in [-0.15, -0.1) is 0 Å². The molecule has 1 aliphatic rings. The normalized spacial score (nSPS) is 20.8. The average molecular weight is 333 g/mol. The predicted octanol–water partition coefficient (Wildman–Crippen LogP) is 2.97. The number of urea groups is 1. The molecular weight excluding hydrogens is 306 g/mol. The summed E-state index contributed by atoms with van der Waals surface area (Å²) in [4.78, 5) is 26.1. The van der Waals surface area contributed by atoms with Crippen LogP contribution >= 0.6 is 0 Å². The molecule has 0 radical (unpaired) electrons. The highest BCUT2D eigenvalue weighted by molar-refractivity contribution is 5.96. The molecule has 1 aromatic carbocycles. The van der Waals surface area contributed by atoms with Gasteiger partial charge < -0.3 is 20.6 Å². The summed E-state index contributed by atoms with van der Waals surface area (Å²) in [5.41, 5.74) is 0.884. The number of aryl methyl sites for hydroxylation is 1. The van der Waals surface area contributed by atoms with Gasteiger partial charge >= 0.3 is 6.03 Å². The molecule has 1 saturated heterocycles. The lowest BCUT2D eigenvalue weighted by molar-refractivity contribution is -0.123. The second-order valence-corrected chi connectivity index (χ2v) is 7.83. The van der Waals surface area contributed by atoms with E-state index in [-0.39, 0.29) is 11.9 Å². The number of nitrogens with zero attached hydrogens (tertiary/aromatic N) is 1. The summed E-state index contributed by atoms with van der Waals surface area (Å²) in [6.07, 6.45) is 0.571. The van der Waals surface area contributed by atoms with Gasteiger partial charge in [0.15, 0.2) is 0 Å². The second kappa shape index (κ2) is 6.43. The van der Waals surface area contributed by atoms with Crippen molar-refractivity contribution >= 4 is 23.3 Å². The number of β-amino-alcohol motifs (C(OH)–C–C–N with tert-alkyl or cyclic N) is 1. The zero-order valence-electron chi connectivity index (χ0n) is 15.1. The maximum absolute atomic E-state index is 12.4. The summed E-state index contributed by atoms with van der Waals surface area (Å²) in [5, 5.41) is 15.7. The lowest BCUT2D eigenvalue weighted by Gasteiger charge is -2.21. The molecule has 1 fully saturated rings. The van der Waals surface area contributed by atoms with Crippen molar-refractivity contribution in [2.24, 2.45) is 5.41 Å². The monoisotopic (exact) mass is 333 g/mol. The Morgan fingerprint density at radius 1 is 1.25 bits per heavy atom. The summed E-state index contributed by atoms with van der Waals surface area (Å²) in [5.74, 6) is -0.0841. The topological polar surface area (TPSA) is 81.7 Å². The molecule has 0 saturated carbocycles. The van der Waals surface area contributed by atoms with Gasteiger partial charge in [0.25, 0.3) is 0 Å². The van der Waals surface area contributed by atoms with Crippen LogP contribution in [0.3, 0.4) is 0 Å². The number of carbonyl (C=O) groups is 2. The molecule has 3 N–H and O–H groups in total. The summed E-state index contributed by atoms with van der Waals surface area (Å²) in [6, 6.07) is 5.18. The highest BCUT2D eigenvalue weighted by atomic mass is 16.3. The lowest BCUT2D eigenvalue weighted by atomic mass is 9.95. The van der Waals surface area contributed by atoms with Gasteiger partial charge in [-0.05, 0) is 38.0 Å². The number of amides is 3.